The monoisotopic (exact) mass is 370 g/mol. The molecule has 6 nitrogen and oxygen atoms in total. The van der Waals surface area contributed by atoms with E-state index in [1.807, 2.05) is 31.2 Å². The number of anilines is 2. The van der Waals surface area contributed by atoms with E-state index in [0.29, 0.717) is 23.7 Å². The fourth-order valence-corrected chi connectivity index (χ4v) is 2.85. The van der Waals surface area contributed by atoms with Crippen LogP contribution in [0.15, 0.2) is 42.5 Å². The molecule has 0 atom stereocenters. The SMILES string of the molecule is CCc1ccccc1N(CCC(=O)Nc1ccc(OC)cc1OC)C(C)=O. The summed E-state index contributed by atoms with van der Waals surface area (Å²) in [5.41, 5.74) is 2.49. The van der Waals surface area contributed by atoms with E-state index in [1.165, 1.54) is 14.0 Å². The van der Waals surface area contributed by atoms with Crippen LogP contribution in [0.25, 0.3) is 0 Å². The summed E-state index contributed by atoms with van der Waals surface area (Å²) < 4.78 is 10.4. The Morgan fingerprint density at radius 3 is 2.44 bits per heavy atom. The minimum absolute atomic E-state index is 0.0919. The largest absolute Gasteiger partial charge is 0.497 e. The molecule has 2 aromatic carbocycles. The first-order valence-electron chi connectivity index (χ1n) is 8.88. The van der Waals surface area contributed by atoms with Crippen molar-refractivity contribution in [2.75, 3.05) is 31.0 Å². The molecule has 0 saturated carbocycles. The lowest BCUT2D eigenvalue weighted by molar-refractivity contribution is -0.117. The molecule has 6 heteroatoms. The van der Waals surface area contributed by atoms with Crippen LogP contribution in [0.4, 0.5) is 11.4 Å². The van der Waals surface area contributed by atoms with Gasteiger partial charge in [-0.25, -0.2) is 0 Å². The summed E-state index contributed by atoms with van der Waals surface area (Å²) in [6, 6.07) is 12.9. The number of amides is 2. The third-order valence-corrected chi connectivity index (χ3v) is 4.29. The van der Waals surface area contributed by atoms with Crippen LogP contribution in [0.5, 0.6) is 11.5 Å². The Balaban J connectivity index is 2.08. The zero-order chi connectivity index (χ0) is 19.8. The van der Waals surface area contributed by atoms with Crippen molar-refractivity contribution in [3.05, 3.63) is 48.0 Å². The zero-order valence-electron chi connectivity index (χ0n) is 16.2. The third kappa shape index (κ3) is 5.23. The predicted octanol–water partition coefficient (Wildman–Crippen LogP) is 3.65. The maximum Gasteiger partial charge on any atom is 0.226 e. The number of methoxy groups -OCH3 is 2. The molecule has 0 aliphatic carbocycles. The standard InChI is InChI=1S/C21H26N2O4/c1-5-16-8-6-7-9-19(16)23(15(2)24)13-12-21(25)22-18-11-10-17(26-3)14-20(18)27-4/h6-11,14H,5,12-13H2,1-4H3,(H,22,25). The number of carbonyl (C=O) groups is 2. The summed E-state index contributed by atoms with van der Waals surface area (Å²) in [5.74, 6) is 0.871. The van der Waals surface area contributed by atoms with E-state index in [9.17, 15) is 9.59 Å². The van der Waals surface area contributed by atoms with Crippen molar-refractivity contribution in [2.45, 2.75) is 26.7 Å². The Hall–Kier alpha value is -3.02. The second-order valence-corrected chi connectivity index (χ2v) is 6.02. The summed E-state index contributed by atoms with van der Waals surface area (Å²) in [7, 11) is 3.10. The van der Waals surface area contributed by atoms with E-state index < -0.39 is 0 Å². The van der Waals surface area contributed by atoms with Gasteiger partial charge in [0.05, 0.1) is 19.9 Å². The number of para-hydroxylation sites is 1. The fraction of sp³-hybridized carbons (Fsp3) is 0.333. The van der Waals surface area contributed by atoms with Gasteiger partial charge in [0.1, 0.15) is 11.5 Å². The molecule has 0 aromatic heterocycles. The van der Waals surface area contributed by atoms with Crippen molar-refractivity contribution in [1.29, 1.82) is 0 Å². The predicted molar refractivity (Wildman–Crippen MR) is 107 cm³/mol. The highest BCUT2D eigenvalue weighted by molar-refractivity contribution is 5.96. The number of hydrogen-bond acceptors (Lipinski definition) is 4. The molecule has 0 fully saturated rings. The van der Waals surface area contributed by atoms with E-state index in [4.69, 9.17) is 9.47 Å². The van der Waals surface area contributed by atoms with Gasteiger partial charge < -0.3 is 19.7 Å². The van der Waals surface area contributed by atoms with Crippen LogP contribution in [-0.2, 0) is 16.0 Å². The number of nitrogens with one attached hydrogen (secondary N) is 1. The molecule has 0 aliphatic heterocycles. The first-order valence-corrected chi connectivity index (χ1v) is 8.88. The van der Waals surface area contributed by atoms with Crippen molar-refractivity contribution in [1.82, 2.24) is 0 Å². The average Bonchev–Trinajstić information content (AvgIpc) is 2.68. The highest BCUT2D eigenvalue weighted by atomic mass is 16.5. The highest BCUT2D eigenvalue weighted by Crippen LogP contribution is 2.29. The number of ether oxygens (including phenoxy) is 2. The summed E-state index contributed by atoms with van der Waals surface area (Å²) in [4.78, 5) is 26.2. The molecule has 27 heavy (non-hydrogen) atoms. The van der Waals surface area contributed by atoms with Gasteiger partial charge in [0.15, 0.2) is 0 Å². The number of rotatable bonds is 8. The first kappa shape index (κ1) is 20.3. The number of carbonyl (C=O) groups excluding carboxylic acids is 2. The molecule has 0 spiro atoms. The molecule has 0 heterocycles. The number of benzene rings is 2. The smallest absolute Gasteiger partial charge is 0.226 e. The molecule has 0 bridgehead atoms. The van der Waals surface area contributed by atoms with Gasteiger partial charge >= 0.3 is 0 Å². The average molecular weight is 370 g/mol. The van der Waals surface area contributed by atoms with Crippen molar-refractivity contribution in [3.63, 3.8) is 0 Å². The summed E-state index contributed by atoms with van der Waals surface area (Å²) in [6.07, 6.45) is 0.988. The fourth-order valence-electron chi connectivity index (χ4n) is 2.85. The Labute approximate surface area is 160 Å². The first-order chi connectivity index (χ1) is 13.0. The van der Waals surface area contributed by atoms with Gasteiger partial charge in [0.2, 0.25) is 11.8 Å². The quantitative estimate of drug-likeness (QED) is 0.770. The van der Waals surface area contributed by atoms with Crippen LogP contribution in [0.2, 0.25) is 0 Å². The van der Waals surface area contributed by atoms with Crippen molar-refractivity contribution in [2.24, 2.45) is 0 Å². The zero-order valence-corrected chi connectivity index (χ0v) is 16.2. The number of aryl methyl sites for hydroxylation is 1. The lowest BCUT2D eigenvalue weighted by atomic mass is 10.1. The molecule has 1 N–H and O–H groups in total. The molecular formula is C21H26N2O4. The van der Waals surface area contributed by atoms with E-state index in [0.717, 1.165) is 17.7 Å². The highest BCUT2D eigenvalue weighted by Gasteiger charge is 2.16. The topological polar surface area (TPSA) is 67.9 Å². The van der Waals surface area contributed by atoms with Crippen molar-refractivity contribution >= 4 is 23.2 Å². The van der Waals surface area contributed by atoms with Gasteiger partial charge in [-0.3, -0.25) is 9.59 Å². The van der Waals surface area contributed by atoms with Gasteiger partial charge in [0, 0.05) is 31.6 Å². The summed E-state index contributed by atoms with van der Waals surface area (Å²) in [6.45, 7) is 3.85. The van der Waals surface area contributed by atoms with Crippen molar-refractivity contribution < 1.29 is 19.1 Å². The van der Waals surface area contributed by atoms with Crippen molar-refractivity contribution in [3.8, 4) is 11.5 Å². The Morgan fingerprint density at radius 1 is 1.07 bits per heavy atom. The van der Waals surface area contributed by atoms with Crippen LogP contribution in [0.3, 0.4) is 0 Å². The molecular weight excluding hydrogens is 344 g/mol. The lowest BCUT2D eigenvalue weighted by Gasteiger charge is -2.23. The molecule has 2 aromatic rings. The van der Waals surface area contributed by atoms with Gasteiger partial charge in [-0.1, -0.05) is 25.1 Å². The maximum atomic E-state index is 12.4. The Bertz CT molecular complexity index is 805. The van der Waals surface area contributed by atoms with Gasteiger partial charge in [-0.2, -0.15) is 0 Å². The molecule has 0 unspecified atom stereocenters. The molecule has 144 valence electrons. The maximum absolute atomic E-state index is 12.4. The van der Waals surface area contributed by atoms with Crippen LogP contribution in [0.1, 0.15) is 25.8 Å². The summed E-state index contributed by atoms with van der Waals surface area (Å²) >= 11 is 0. The molecule has 0 saturated heterocycles. The Kier molecular flexibility index (Phi) is 7.23. The lowest BCUT2D eigenvalue weighted by Crippen LogP contribution is -2.32. The normalized spacial score (nSPS) is 10.2. The second kappa shape index (κ2) is 9.62. The molecule has 2 rings (SSSR count). The van der Waals surface area contributed by atoms with Crippen LogP contribution in [-0.4, -0.2) is 32.6 Å². The molecule has 2 amide bonds. The third-order valence-electron chi connectivity index (χ3n) is 4.29. The van der Waals surface area contributed by atoms with Gasteiger partial charge in [-0.05, 0) is 30.2 Å². The minimum atomic E-state index is -0.196. The molecule has 0 radical (unpaired) electrons. The van der Waals surface area contributed by atoms with Crippen LogP contribution >= 0.6 is 0 Å². The van der Waals surface area contributed by atoms with E-state index >= 15 is 0 Å². The molecule has 0 aliphatic rings. The minimum Gasteiger partial charge on any atom is -0.497 e. The van der Waals surface area contributed by atoms with E-state index in [2.05, 4.69) is 5.32 Å². The van der Waals surface area contributed by atoms with E-state index in [-0.39, 0.29) is 18.2 Å². The van der Waals surface area contributed by atoms with Crippen LogP contribution in [0, 0.1) is 0 Å². The number of hydrogen-bond donors (Lipinski definition) is 1. The van der Waals surface area contributed by atoms with Gasteiger partial charge in [0.25, 0.3) is 0 Å². The van der Waals surface area contributed by atoms with Gasteiger partial charge in [-0.15, -0.1) is 0 Å². The van der Waals surface area contributed by atoms with E-state index in [1.54, 1.807) is 30.2 Å². The van der Waals surface area contributed by atoms with Crippen LogP contribution < -0.4 is 19.7 Å². The Morgan fingerprint density at radius 2 is 1.81 bits per heavy atom. The number of nitrogens with zero attached hydrogens (tertiary/aromatic N) is 1. The second-order valence-electron chi connectivity index (χ2n) is 6.02. The summed E-state index contributed by atoms with van der Waals surface area (Å²) in [5, 5.41) is 2.83.